The number of ketones is 1. The fraction of sp³-hybridized carbons (Fsp3) is 0.857. The largest absolute Gasteiger partial charge is 0.390 e. The van der Waals surface area contributed by atoms with Crippen molar-refractivity contribution in [1.82, 2.24) is 0 Å². The van der Waals surface area contributed by atoms with Crippen LogP contribution in [0.25, 0.3) is 0 Å². The van der Waals surface area contributed by atoms with Crippen molar-refractivity contribution in [2.75, 3.05) is 0 Å². The second kappa shape index (κ2) is 2.68. The first-order valence-electron chi connectivity index (χ1n) is 3.50. The van der Waals surface area contributed by atoms with Crippen LogP contribution >= 0.6 is 0 Å². The van der Waals surface area contributed by atoms with Gasteiger partial charge >= 0.3 is 0 Å². The highest BCUT2D eigenvalue weighted by Crippen LogP contribution is 2.20. The zero-order chi connectivity index (χ0) is 7.72. The van der Waals surface area contributed by atoms with Crippen molar-refractivity contribution in [1.29, 1.82) is 0 Å². The van der Waals surface area contributed by atoms with Gasteiger partial charge in [-0.25, -0.2) is 0 Å². The molecule has 0 aromatic carbocycles. The Hall–Kier alpha value is -0.410. The molecule has 0 radical (unpaired) electrons. The molecule has 0 saturated heterocycles. The monoisotopic (exact) mass is 144 g/mol. The van der Waals surface area contributed by atoms with Gasteiger partial charge in [-0.15, -0.1) is 0 Å². The standard InChI is InChI=1S/C7H12O3/c1-4-2-6(9)7(10)3-5(4)8/h4,6-7,9-10H,2-3H2,1H3/t4-,6-,7+/m1/s1. The summed E-state index contributed by atoms with van der Waals surface area (Å²) < 4.78 is 0. The summed E-state index contributed by atoms with van der Waals surface area (Å²) >= 11 is 0. The molecule has 0 unspecified atom stereocenters. The molecule has 1 rings (SSSR count). The van der Waals surface area contributed by atoms with Gasteiger partial charge in [-0.2, -0.15) is 0 Å². The third kappa shape index (κ3) is 1.36. The molecule has 3 heteroatoms. The van der Waals surface area contributed by atoms with E-state index in [1.807, 2.05) is 0 Å². The van der Waals surface area contributed by atoms with Crippen molar-refractivity contribution in [2.24, 2.45) is 5.92 Å². The molecule has 0 aromatic rings. The first-order chi connectivity index (χ1) is 4.61. The molecule has 0 heterocycles. The Labute approximate surface area is 59.7 Å². The molecule has 0 amide bonds. The average molecular weight is 144 g/mol. The van der Waals surface area contributed by atoms with E-state index in [1.54, 1.807) is 6.92 Å². The van der Waals surface area contributed by atoms with Crippen molar-refractivity contribution in [3.8, 4) is 0 Å². The second-order valence-electron chi connectivity index (χ2n) is 2.94. The topological polar surface area (TPSA) is 57.5 Å². The molecule has 1 aliphatic rings. The van der Waals surface area contributed by atoms with Crippen LogP contribution in [0.2, 0.25) is 0 Å². The van der Waals surface area contributed by atoms with Gasteiger partial charge in [-0.05, 0) is 6.42 Å². The quantitative estimate of drug-likeness (QED) is 0.491. The first kappa shape index (κ1) is 7.69. The van der Waals surface area contributed by atoms with E-state index in [-0.39, 0.29) is 18.1 Å². The summed E-state index contributed by atoms with van der Waals surface area (Å²) in [5.41, 5.74) is 0. The summed E-state index contributed by atoms with van der Waals surface area (Å²) in [5, 5.41) is 18.1. The molecule has 10 heavy (non-hydrogen) atoms. The molecular formula is C7H12O3. The first-order valence-corrected chi connectivity index (χ1v) is 3.50. The van der Waals surface area contributed by atoms with Crippen LogP contribution < -0.4 is 0 Å². The molecule has 58 valence electrons. The highest BCUT2D eigenvalue weighted by Gasteiger charge is 2.30. The van der Waals surface area contributed by atoms with Gasteiger partial charge in [-0.1, -0.05) is 6.92 Å². The summed E-state index contributed by atoms with van der Waals surface area (Å²) in [5.74, 6) is -0.0313. The Balaban J connectivity index is 2.54. The number of carbonyl (C=O) groups is 1. The number of rotatable bonds is 0. The Kier molecular flexibility index (Phi) is 2.06. The fourth-order valence-electron chi connectivity index (χ4n) is 1.19. The zero-order valence-electron chi connectivity index (χ0n) is 5.95. The molecular weight excluding hydrogens is 132 g/mol. The summed E-state index contributed by atoms with van der Waals surface area (Å²) in [4.78, 5) is 10.9. The average Bonchev–Trinajstić information content (AvgIpc) is 1.84. The van der Waals surface area contributed by atoms with Crippen LogP contribution in [0.4, 0.5) is 0 Å². The van der Waals surface area contributed by atoms with E-state index in [2.05, 4.69) is 0 Å². The van der Waals surface area contributed by atoms with Crippen LogP contribution in [-0.4, -0.2) is 28.2 Å². The van der Waals surface area contributed by atoms with Gasteiger partial charge in [0.15, 0.2) is 0 Å². The normalized spacial score (nSPS) is 41.9. The van der Waals surface area contributed by atoms with E-state index in [0.29, 0.717) is 6.42 Å². The predicted octanol–water partition coefficient (Wildman–Crippen LogP) is -0.293. The van der Waals surface area contributed by atoms with Gasteiger partial charge in [0.1, 0.15) is 5.78 Å². The second-order valence-corrected chi connectivity index (χ2v) is 2.94. The number of hydrogen-bond acceptors (Lipinski definition) is 3. The van der Waals surface area contributed by atoms with E-state index >= 15 is 0 Å². The predicted molar refractivity (Wildman–Crippen MR) is 35.4 cm³/mol. The molecule has 1 aliphatic carbocycles. The fourth-order valence-corrected chi connectivity index (χ4v) is 1.19. The lowest BCUT2D eigenvalue weighted by Crippen LogP contribution is -2.38. The van der Waals surface area contributed by atoms with Crippen LogP contribution in [0.1, 0.15) is 19.8 Å². The third-order valence-corrected chi connectivity index (χ3v) is 2.00. The molecule has 3 nitrogen and oxygen atoms in total. The summed E-state index contributed by atoms with van der Waals surface area (Å²) in [7, 11) is 0. The lowest BCUT2D eigenvalue weighted by atomic mass is 9.86. The number of carbonyl (C=O) groups excluding carboxylic acids is 1. The molecule has 3 atom stereocenters. The van der Waals surface area contributed by atoms with Gasteiger partial charge in [0.05, 0.1) is 12.2 Å². The number of hydrogen-bond donors (Lipinski definition) is 2. The van der Waals surface area contributed by atoms with Gasteiger partial charge in [0.2, 0.25) is 0 Å². The van der Waals surface area contributed by atoms with Crippen molar-refractivity contribution in [2.45, 2.75) is 32.0 Å². The van der Waals surface area contributed by atoms with Crippen molar-refractivity contribution < 1.29 is 15.0 Å². The van der Waals surface area contributed by atoms with Gasteiger partial charge < -0.3 is 10.2 Å². The molecule has 0 aliphatic heterocycles. The van der Waals surface area contributed by atoms with Crippen molar-refractivity contribution in [3.05, 3.63) is 0 Å². The minimum absolute atomic E-state index is 0.0535. The van der Waals surface area contributed by atoms with E-state index in [9.17, 15) is 4.79 Å². The number of aliphatic hydroxyl groups is 2. The van der Waals surface area contributed by atoms with Gasteiger partial charge in [0, 0.05) is 12.3 Å². The maximum atomic E-state index is 10.9. The smallest absolute Gasteiger partial charge is 0.138 e. The zero-order valence-corrected chi connectivity index (χ0v) is 5.95. The minimum atomic E-state index is -0.830. The Morgan fingerprint density at radius 1 is 1.40 bits per heavy atom. The van der Waals surface area contributed by atoms with E-state index in [0.717, 1.165) is 0 Å². The highest BCUT2D eigenvalue weighted by molar-refractivity contribution is 5.82. The summed E-state index contributed by atoms with van der Waals surface area (Å²) in [6.45, 7) is 1.78. The lowest BCUT2D eigenvalue weighted by Gasteiger charge is -2.26. The van der Waals surface area contributed by atoms with E-state index < -0.39 is 12.2 Å². The molecule has 0 spiro atoms. The van der Waals surface area contributed by atoms with Crippen LogP contribution in [-0.2, 0) is 4.79 Å². The van der Waals surface area contributed by atoms with Crippen LogP contribution in [0.15, 0.2) is 0 Å². The van der Waals surface area contributed by atoms with E-state index in [4.69, 9.17) is 10.2 Å². The maximum absolute atomic E-state index is 10.9. The van der Waals surface area contributed by atoms with Crippen molar-refractivity contribution >= 4 is 5.78 Å². The third-order valence-electron chi connectivity index (χ3n) is 2.00. The Morgan fingerprint density at radius 3 is 2.50 bits per heavy atom. The molecule has 0 aromatic heterocycles. The maximum Gasteiger partial charge on any atom is 0.138 e. The van der Waals surface area contributed by atoms with Crippen LogP contribution in [0.3, 0.4) is 0 Å². The SMILES string of the molecule is C[C@@H]1C[C@@H](O)[C@@H](O)CC1=O. The Morgan fingerprint density at radius 2 is 2.00 bits per heavy atom. The molecule has 1 fully saturated rings. The molecule has 2 N–H and O–H groups in total. The summed E-state index contributed by atoms with van der Waals surface area (Å²) in [6.07, 6.45) is -1.01. The lowest BCUT2D eigenvalue weighted by molar-refractivity contribution is -0.132. The number of Topliss-reactive ketones (excluding diaryl/α,β-unsaturated/α-hetero) is 1. The van der Waals surface area contributed by atoms with Gasteiger partial charge in [0.25, 0.3) is 0 Å². The minimum Gasteiger partial charge on any atom is -0.390 e. The van der Waals surface area contributed by atoms with E-state index in [1.165, 1.54) is 0 Å². The van der Waals surface area contributed by atoms with Gasteiger partial charge in [-0.3, -0.25) is 4.79 Å². The van der Waals surface area contributed by atoms with Crippen molar-refractivity contribution in [3.63, 3.8) is 0 Å². The van der Waals surface area contributed by atoms with Crippen LogP contribution in [0.5, 0.6) is 0 Å². The van der Waals surface area contributed by atoms with Crippen LogP contribution in [0, 0.1) is 5.92 Å². The Bertz CT molecular complexity index is 144. The molecule has 1 saturated carbocycles. The highest BCUT2D eigenvalue weighted by atomic mass is 16.3. The molecule has 0 bridgehead atoms. The number of aliphatic hydroxyl groups excluding tert-OH is 2. The summed E-state index contributed by atoms with van der Waals surface area (Å²) in [6, 6.07) is 0.